The normalized spacial score (nSPS) is 24.6. The minimum absolute atomic E-state index is 0.0265. The Morgan fingerprint density at radius 1 is 0.921 bits per heavy atom. The molecule has 5 nitrogen and oxygen atoms in total. The van der Waals surface area contributed by atoms with Gasteiger partial charge in [-0.1, -0.05) is 61.4 Å². The van der Waals surface area contributed by atoms with Crippen molar-refractivity contribution in [1.29, 1.82) is 0 Å². The van der Waals surface area contributed by atoms with Crippen LogP contribution in [0.25, 0.3) is 0 Å². The van der Waals surface area contributed by atoms with Gasteiger partial charge in [-0.05, 0) is 62.9 Å². The fourth-order valence-electron chi connectivity index (χ4n) is 7.15. The van der Waals surface area contributed by atoms with Crippen molar-refractivity contribution in [2.45, 2.75) is 63.5 Å². The van der Waals surface area contributed by atoms with Crippen LogP contribution in [-0.4, -0.2) is 41.1 Å². The van der Waals surface area contributed by atoms with Crippen molar-refractivity contribution in [3.8, 4) is 11.5 Å². The van der Waals surface area contributed by atoms with Gasteiger partial charge in [-0.2, -0.15) is 0 Å². The summed E-state index contributed by atoms with van der Waals surface area (Å²) >= 11 is 0. The monoisotopic (exact) mass is 510 g/mol. The van der Waals surface area contributed by atoms with Crippen LogP contribution in [0.1, 0.15) is 74.6 Å². The van der Waals surface area contributed by atoms with Gasteiger partial charge in [0.25, 0.3) is 0 Å². The third kappa shape index (κ3) is 4.17. The largest absolute Gasteiger partial charge is 0.457 e. The summed E-state index contributed by atoms with van der Waals surface area (Å²) in [6.45, 7) is 6.80. The molecule has 0 unspecified atom stereocenters. The van der Waals surface area contributed by atoms with E-state index >= 15 is 0 Å². The molecular formula is C33H38N2O3. The second kappa shape index (κ2) is 10.1. The number of piperidine rings is 1. The number of amides is 1. The van der Waals surface area contributed by atoms with Gasteiger partial charge in [0.2, 0.25) is 5.91 Å². The van der Waals surface area contributed by atoms with Gasteiger partial charge in [0.1, 0.15) is 11.5 Å². The lowest BCUT2D eigenvalue weighted by molar-refractivity contribution is -0.156. The van der Waals surface area contributed by atoms with Crippen LogP contribution < -0.4 is 9.64 Å². The van der Waals surface area contributed by atoms with E-state index in [1.54, 1.807) is 0 Å². The fraction of sp³-hybridized carbons (Fsp3) is 0.424. The number of carbonyl (C=O) groups excluding carboxylic acids is 1. The molecule has 2 heterocycles. The fourth-order valence-corrected chi connectivity index (χ4v) is 7.15. The van der Waals surface area contributed by atoms with Gasteiger partial charge in [-0.3, -0.25) is 4.79 Å². The van der Waals surface area contributed by atoms with Gasteiger partial charge in [-0.15, -0.1) is 0 Å². The van der Waals surface area contributed by atoms with Gasteiger partial charge in [0, 0.05) is 42.4 Å². The summed E-state index contributed by atoms with van der Waals surface area (Å²) in [5, 5.41) is 11.8. The van der Waals surface area contributed by atoms with Crippen LogP contribution in [0.15, 0.2) is 72.8 Å². The van der Waals surface area contributed by atoms with Crippen molar-refractivity contribution in [2.24, 2.45) is 5.92 Å². The third-order valence-corrected chi connectivity index (χ3v) is 9.14. The molecule has 3 atom stereocenters. The first-order chi connectivity index (χ1) is 18.5. The number of hydrogen-bond acceptors (Lipinski definition) is 4. The lowest BCUT2D eigenvalue weighted by Crippen LogP contribution is -2.57. The number of likely N-dealkylation sites (tertiary alicyclic amines) is 1. The molecular weight excluding hydrogens is 472 g/mol. The molecule has 1 amide bonds. The second-order valence-electron chi connectivity index (χ2n) is 11.1. The minimum atomic E-state index is -0.720. The van der Waals surface area contributed by atoms with Crippen molar-refractivity contribution in [2.75, 3.05) is 24.5 Å². The summed E-state index contributed by atoms with van der Waals surface area (Å²) in [5.74, 6) is 1.19. The summed E-state index contributed by atoms with van der Waals surface area (Å²) in [4.78, 5) is 19.1. The number of hydrogen-bond donors (Lipinski definition) is 1. The third-order valence-electron chi connectivity index (χ3n) is 9.14. The number of rotatable bonds is 5. The van der Waals surface area contributed by atoms with Crippen LogP contribution in [0.2, 0.25) is 0 Å². The Kier molecular flexibility index (Phi) is 6.65. The molecule has 0 spiro atoms. The van der Waals surface area contributed by atoms with Crippen molar-refractivity contribution < 1.29 is 14.6 Å². The lowest BCUT2D eigenvalue weighted by atomic mass is 9.65. The predicted molar refractivity (Wildman–Crippen MR) is 151 cm³/mol. The molecule has 2 fully saturated rings. The molecule has 1 saturated heterocycles. The first-order valence-electron chi connectivity index (χ1n) is 14.3. The summed E-state index contributed by atoms with van der Waals surface area (Å²) in [7, 11) is 0. The van der Waals surface area contributed by atoms with Crippen molar-refractivity contribution in [1.82, 2.24) is 4.90 Å². The molecule has 0 radical (unpaired) electrons. The van der Waals surface area contributed by atoms with E-state index in [9.17, 15) is 9.90 Å². The van der Waals surface area contributed by atoms with Gasteiger partial charge >= 0.3 is 0 Å². The number of ether oxygens (including phenoxy) is 1. The molecule has 0 bridgehead atoms. The predicted octanol–water partition coefficient (Wildman–Crippen LogP) is 6.67. The topological polar surface area (TPSA) is 53.0 Å². The molecule has 6 rings (SSSR count). The Bertz CT molecular complexity index is 1260. The van der Waals surface area contributed by atoms with Gasteiger partial charge < -0.3 is 19.6 Å². The van der Waals surface area contributed by atoms with Gasteiger partial charge in [-0.25, -0.2) is 0 Å². The number of aliphatic hydroxyl groups is 1. The average Bonchev–Trinajstić information content (AvgIpc) is 2.95. The Labute approximate surface area is 226 Å². The van der Waals surface area contributed by atoms with E-state index < -0.39 is 11.5 Å². The molecule has 1 N–H and O–H groups in total. The Hall–Kier alpha value is -3.31. The maximum absolute atomic E-state index is 14.7. The number of para-hydroxylation sites is 2. The number of carbonyl (C=O) groups is 1. The smallest absolute Gasteiger partial charge is 0.235 e. The molecule has 5 heteroatoms. The van der Waals surface area contributed by atoms with Gasteiger partial charge in [0.15, 0.2) is 0 Å². The molecule has 198 valence electrons. The first-order valence-corrected chi connectivity index (χ1v) is 14.3. The van der Waals surface area contributed by atoms with E-state index in [0.29, 0.717) is 13.0 Å². The van der Waals surface area contributed by atoms with Crippen LogP contribution in [-0.2, 0) is 4.79 Å². The highest BCUT2D eigenvalue weighted by molar-refractivity contribution is 5.90. The molecule has 1 aliphatic carbocycles. The highest BCUT2D eigenvalue weighted by Gasteiger charge is 2.51. The zero-order valence-corrected chi connectivity index (χ0v) is 22.5. The Balaban J connectivity index is 1.42. The number of anilines is 1. The molecule has 0 aromatic heterocycles. The van der Waals surface area contributed by atoms with Crippen molar-refractivity contribution in [3.05, 3.63) is 89.5 Å². The van der Waals surface area contributed by atoms with Crippen LogP contribution in [0.3, 0.4) is 0 Å². The van der Waals surface area contributed by atoms with E-state index in [1.165, 1.54) is 5.69 Å². The summed E-state index contributed by atoms with van der Waals surface area (Å²) in [6.07, 6.45) is 4.52. The van der Waals surface area contributed by atoms with Crippen LogP contribution in [0, 0.1) is 5.92 Å². The summed E-state index contributed by atoms with van der Waals surface area (Å²) in [5.41, 5.74) is 3.42. The van der Waals surface area contributed by atoms with Crippen molar-refractivity contribution in [3.63, 3.8) is 0 Å². The maximum Gasteiger partial charge on any atom is 0.235 e. The molecule has 38 heavy (non-hydrogen) atoms. The maximum atomic E-state index is 14.7. The zero-order chi connectivity index (χ0) is 26.3. The van der Waals surface area contributed by atoms with Crippen LogP contribution in [0.4, 0.5) is 5.69 Å². The molecule has 1 saturated carbocycles. The highest BCUT2D eigenvalue weighted by Crippen LogP contribution is 2.52. The zero-order valence-electron chi connectivity index (χ0n) is 22.5. The highest BCUT2D eigenvalue weighted by atomic mass is 16.5. The molecule has 3 aliphatic rings. The van der Waals surface area contributed by atoms with E-state index in [2.05, 4.69) is 47.9 Å². The number of nitrogens with zero attached hydrogens (tertiary/aromatic N) is 2. The molecule has 2 aliphatic heterocycles. The van der Waals surface area contributed by atoms with Crippen molar-refractivity contribution >= 4 is 11.6 Å². The Morgan fingerprint density at radius 2 is 1.55 bits per heavy atom. The number of fused-ring (bicyclic) bond motifs is 3. The summed E-state index contributed by atoms with van der Waals surface area (Å²) < 4.78 is 6.20. The quantitative estimate of drug-likeness (QED) is 0.417. The standard InChI is InChI=1S/C33H38N2O3/c1-3-34(4-2)24-18-16-23(17-19-24)31-27-13-9-10-20-33(27,37)21-22-35(31)32(36)30-25-11-5-7-14-28(25)38-29-15-8-6-12-26(29)30/h5-8,11-12,14-19,27,30-31,37H,3-4,9-10,13,20-22H2,1-2H3/t27-,31-,33+/m1/s1. The molecule has 3 aromatic carbocycles. The van der Waals surface area contributed by atoms with E-state index in [0.717, 1.165) is 67.0 Å². The molecule has 3 aromatic rings. The van der Waals surface area contributed by atoms with E-state index in [-0.39, 0.29) is 17.9 Å². The second-order valence-corrected chi connectivity index (χ2v) is 11.1. The minimum Gasteiger partial charge on any atom is -0.457 e. The van der Waals surface area contributed by atoms with Crippen LogP contribution >= 0.6 is 0 Å². The van der Waals surface area contributed by atoms with E-state index in [1.807, 2.05) is 48.5 Å². The SMILES string of the molecule is CCN(CC)c1ccc([C@@H]2[C@H]3CCCC[C@]3(O)CCN2C(=O)C2c3ccccc3Oc3ccccc32)cc1. The van der Waals surface area contributed by atoms with Crippen LogP contribution in [0.5, 0.6) is 11.5 Å². The average molecular weight is 511 g/mol. The summed E-state index contributed by atoms with van der Waals surface area (Å²) in [6, 6.07) is 24.4. The van der Waals surface area contributed by atoms with Gasteiger partial charge in [0.05, 0.1) is 17.6 Å². The van der Waals surface area contributed by atoms with E-state index in [4.69, 9.17) is 4.74 Å². The number of benzene rings is 3. The first kappa shape index (κ1) is 25.0. The lowest BCUT2D eigenvalue weighted by Gasteiger charge is -2.53. The Morgan fingerprint density at radius 3 is 2.18 bits per heavy atom.